The zero-order valence-electron chi connectivity index (χ0n) is 31.8. The molecule has 4 N–H and O–H groups in total. The minimum Gasteiger partial charge on any atom is -0.453 e. The zero-order chi connectivity index (χ0) is 38.8. The van der Waals surface area contributed by atoms with Crippen LogP contribution in [0.5, 0.6) is 0 Å². The third kappa shape index (κ3) is 7.58. The summed E-state index contributed by atoms with van der Waals surface area (Å²) in [6.07, 6.45) is 2.48. The average Bonchev–Trinajstić information content (AvgIpc) is 4.03. The summed E-state index contributed by atoms with van der Waals surface area (Å²) >= 11 is 0. The van der Waals surface area contributed by atoms with Crippen LogP contribution in [0, 0.1) is 5.92 Å². The van der Waals surface area contributed by atoms with Gasteiger partial charge < -0.3 is 39.9 Å². The molecule has 0 unspecified atom stereocenters. The molecule has 288 valence electrons. The molecule has 0 saturated carbocycles. The highest BCUT2D eigenvalue weighted by atomic mass is 16.5. The normalized spacial score (nSPS) is 18.1. The molecule has 2 fully saturated rings. The third-order valence-corrected chi connectivity index (χ3v) is 10.8. The molecule has 2 aliphatic heterocycles. The van der Waals surface area contributed by atoms with E-state index in [9.17, 15) is 19.2 Å². The molecule has 3 aromatic carbocycles. The maximum Gasteiger partial charge on any atom is 0.407 e. The van der Waals surface area contributed by atoms with E-state index in [0.717, 1.165) is 81.7 Å². The van der Waals surface area contributed by atoms with Gasteiger partial charge in [-0.2, -0.15) is 0 Å². The molecule has 4 atom stereocenters. The van der Waals surface area contributed by atoms with Gasteiger partial charge in [0.05, 0.1) is 48.4 Å². The van der Waals surface area contributed by atoms with Crippen molar-refractivity contribution in [1.82, 2.24) is 40.4 Å². The van der Waals surface area contributed by atoms with Gasteiger partial charge in [-0.25, -0.2) is 19.6 Å². The van der Waals surface area contributed by atoms with E-state index in [4.69, 9.17) is 19.4 Å². The fraction of sp³-hybridized carbons (Fsp3) is 0.415. The number of carbonyl (C=O) groups is 4. The van der Waals surface area contributed by atoms with Crippen LogP contribution < -0.4 is 10.6 Å². The number of alkyl carbamates (subject to hydrolysis) is 2. The molecule has 0 aliphatic carbocycles. The maximum atomic E-state index is 13.6. The Labute approximate surface area is 319 Å². The smallest absolute Gasteiger partial charge is 0.407 e. The van der Waals surface area contributed by atoms with Crippen molar-refractivity contribution in [2.75, 3.05) is 27.3 Å². The van der Waals surface area contributed by atoms with E-state index in [0.29, 0.717) is 19.5 Å². The largest absolute Gasteiger partial charge is 0.453 e. The summed E-state index contributed by atoms with van der Waals surface area (Å²) in [5.74, 6) is 1.09. The van der Waals surface area contributed by atoms with Crippen molar-refractivity contribution in [3.05, 3.63) is 72.3 Å². The lowest BCUT2D eigenvalue weighted by Gasteiger charge is -2.29. The van der Waals surface area contributed by atoms with Crippen LogP contribution in [0.25, 0.3) is 44.3 Å². The highest BCUT2D eigenvalue weighted by Gasteiger charge is 2.38. The van der Waals surface area contributed by atoms with Crippen molar-refractivity contribution in [1.29, 1.82) is 0 Å². The van der Waals surface area contributed by atoms with Crippen LogP contribution in [0.1, 0.15) is 76.6 Å². The molecule has 0 spiro atoms. The summed E-state index contributed by atoms with van der Waals surface area (Å²) in [4.78, 5) is 71.2. The minimum absolute atomic E-state index is 0.107. The van der Waals surface area contributed by atoms with Crippen LogP contribution >= 0.6 is 0 Å². The highest BCUT2D eigenvalue weighted by Crippen LogP contribution is 2.35. The number of rotatable bonds is 10. The zero-order valence-corrected chi connectivity index (χ0v) is 31.8. The van der Waals surface area contributed by atoms with E-state index in [1.54, 1.807) is 0 Å². The molecule has 14 heteroatoms. The first-order valence-corrected chi connectivity index (χ1v) is 19.0. The van der Waals surface area contributed by atoms with Gasteiger partial charge in [0, 0.05) is 13.1 Å². The molecule has 0 bridgehead atoms. The van der Waals surface area contributed by atoms with Gasteiger partial charge in [-0.3, -0.25) is 9.59 Å². The number of aromatic amines is 2. The lowest BCUT2D eigenvalue weighted by Crippen LogP contribution is -2.51. The Morgan fingerprint density at radius 1 is 0.709 bits per heavy atom. The molecule has 0 radical (unpaired) electrons. The number of fused-ring (bicyclic) bond motifs is 2. The van der Waals surface area contributed by atoms with E-state index in [1.165, 1.54) is 14.2 Å². The molecular weight excluding hydrogens is 701 g/mol. The summed E-state index contributed by atoms with van der Waals surface area (Å²) in [5, 5.41) is 5.36. The van der Waals surface area contributed by atoms with Crippen molar-refractivity contribution >= 4 is 46.1 Å². The summed E-state index contributed by atoms with van der Waals surface area (Å²) in [6.45, 7) is 6.86. The number of benzene rings is 3. The molecule has 4 amide bonds. The van der Waals surface area contributed by atoms with Gasteiger partial charge in [0.25, 0.3) is 0 Å². The van der Waals surface area contributed by atoms with Crippen molar-refractivity contribution in [3.8, 4) is 22.3 Å². The number of aromatic nitrogens is 4. The monoisotopic (exact) mass is 748 g/mol. The van der Waals surface area contributed by atoms with Crippen LogP contribution in [0.2, 0.25) is 0 Å². The molecular formula is C41H48N8O6. The van der Waals surface area contributed by atoms with Gasteiger partial charge in [-0.15, -0.1) is 0 Å². The van der Waals surface area contributed by atoms with Crippen molar-refractivity contribution in [3.63, 3.8) is 0 Å². The van der Waals surface area contributed by atoms with Gasteiger partial charge >= 0.3 is 12.2 Å². The van der Waals surface area contributed by atoms with Crippen LogP contribution in [-0.4, -0.2) is 93.1 Å². The van der Waals surface area contributed by atoms with E-state index in [-0.39, 0.29) is 29.8 Å². The molecule has 2 aliphatic rings. The standard InChI is InChI=1S/C41H48N8O6/c1-6-28(46-40(52)54-4)38(50)48-19-7-9-33(48)36-42-29-17-15-26(21-31(29)44-36)24-11-13-25(14-12-24)27-16-18-30-32(22-27)45-37(43-30)34-10-8-20-49(34)39(51)35(23(2)3)47-41(53)55-5/h11-18,21-23,28,33-35H,6-10,19-20H2,1-5H3,(H,42,44)(H,43,45)(H,46,52)(H,47,53)/t28-,33-,34-,35-/m0/s1. The SMILES string of the molecule is CC[C@H](NC(=O)OC)C(=O)N1CCC[C@H]1c1nc2ccc(-c3ccc(-c4ccc5nc([C@@H]6CCCN6C(=O)[C@@H](NC(=O)OC)C(C)C)[nH]c5c4)cc3)cc2[nH]1. The van der Waals surface area contributed by atoms with Crippen molar-refractivity contribution in [2.45, 2.75) is 77.0 Å². The fourth-order valence-corrected chi connectivity index (χ4v) is 7.84. The van der Waals surface area contributed by atoms with Crippen LogP contribution in [0.15, 0.2) is 60.7 Å². The number of carbonyl (C=O) groups excluding carboxylic acids is 4. The second-order valence-electron chi connectivity index (χ2n) is 14.6. The third-order valence-electron chi connectivity index (χ3n) is 10.8. The summed E-state index contributed by atoms with van der Waals surface area (Å²) in [7, 11) is 2.58. The maximum absolute atomic E-state index is 13.6. The number of amides is 4. The van der Waals surface area contributed by atoms with E-state index >= 15 is 0 Å². The molecule has 4 heterocycles. The first-order valence-electron chi connectivity index (χ1n) is 19.0. The Hall–Kier alpha value is -5.92. The molecule has 2 aromatic heterocycles. The van der Waals surface area contributed by atoms with Crippen LogP contribution in [0.4, 0.5) is 9.59 Å². The molecule has 7 rings (SSSR count). The first kappa shape index (κ1) is 37.4. The lowest BCUT2D eigenvalue weighted by atomic mass is 10.00. The average molecular weight is 749 g/mol. The number of nitrogens with one attached hydrogen (secondary N) is 4. The van der Waals surface area contributed by atoms with Crippen LogP contribution in [0.3, 0.4) is 0 Å². The quantitative estimate of drug-likeness (QED) is 0.123. The summed E-state index contributed by atoms with van der Waals surface area (Å²) in [5.41, 5.74) is 7.59. The Kier molecular flexibility index (Phi) is 10.8. The molecule has 5 aromatic rings. The number of imidazole rings is 2. The topological polar surface area (TPSA) is 175 Å². The van der Waals surface area contributed by atoms with Crippen molar-refractivity contribution < 1.29 is 28.7 Å². The fourth-order valence-electron chi connectivity index (χ4n) is 7.84. The Bertz CT molecular complexity index is 2210. The second kappa shape index (κ2) is 15.8. The van der Waals surface area contributed by atoms with E-state index in [2.05, 4.69) is 69.1 Å². The predicted molar refractivity (Wildman–Crippen MR) is 208 cm³/mol. The molecule has 55 heavy (non-hydrogen) atoms. The summed E-state index contributed by atoms with van der Waals surface area (Å²) in [6, 6.07) is 18.9. The number of ether oxygens (including phenoxy) is 2. The molecule has 2 saturated heterocycles. The predicted octanol–water partition coefficient (Wildman–Crippen LogP) is 6.62. The van der Waals surface area contributed by atoms with Gasteiger partial charge in [0.1, 0.15) is 23.7 Å². The van der Waals surface area contributed by atoms with E-state index < -0.39 is 24.3 Å². The second-order valence-corrected chi connectivity index (χ2v) is 14.6. The number of hydrogen-bond acceptors (Lipinski definition) is 8. The van der Waals surface area contributed by atoms with Gasteiger partial charge in [-0.1, -0.05) is 57.2 Å². The Morgan fingerprint density at radius 2 is 1.16 bits per heavy atom. The van der Waals surface area contributed by atoms with E-state index in [1.807, 2.05) is 42.7 Å². The summed E-state index contributed by atoms with van der Waals surface area (Å²) < 4.78 is 9.49. The number of methoxy groups -OCH3 is 2. The van der Waals surface area contributed by atoms with Crippen molar-refractivity contribution in [2.24, 2.45) is 5.92 Å². The lowest BCUT2D eigenvalue weighted by molar-refractivity contribution is -0.135. The van der Waals surface area contributed by atoms with Gasteiger partial charge in [0.2, 0.25) is 11.8 Å². The highest BCUT2D eigenvalue weighted by molar-refractivity contribution is 5.88. The van der Waals surface area contributed by atoms with Gasteiger partial charge in [0.15, 0.2) is 0 Å². The molecule has 14 nitrogen and oxygen atoms in total. The number of likely N-dealkylation sites (tertiary alicyclic amines) is 2. The minimum atomic E-state index is -0.691. The number of H-pyrrole nitrogens is 2. The van der Waals surface area contributed by atoms with Crippen LogP contribution in [-0.2, 0) is 19.1 Å². The Balaban J connectivity index is 1.06. The Morgan fingerprint density at radius 3 is 1.62 bits per heavy atom. The number of hydrogen-bond donors (Lipinski definition) is 4. The van der Waals surface area contributed by atoms with Gasteiger partial charge in [-0.05, 0) is 84.5 Å². The first-order chi connectivity index (χ1) is 26.6. The number of nitrogens with zero attached hydrogens (tertiary/aromatic N) is 4.